The van der Waals surface area contributed by atoms with Crippen LogP contribution in [0, 0.1) is 11.8 Å². The zero-order valence-corrected chi connectivity index (χ0v) is 32.9. The van der Waals surface area contributed by atoms with Crippen molar-refractivity contribution < 1.29 is 28.7 Å². The summed E-state index contributed by atoms with van der Waals surface area (Å²) in [5, 5.41) is 9.74. The first-order chi connectivity index (χ1) is 26.0. The summed E-state index contributed by atoms with van der Waals surface area (Å²) in [6.07, 6.45) is 3.84. The molecule has 16 heteroatoms. The number of fused-ring (bicyclic) bond motifs is 2. The lowest BCUT2D eigenvalue weighted by atomic mass is 10.0. The molecule has 2 unspecified atom stereocenters. The number of ether oxygens (including phenoxy) is 2. The van der Waals surface area contributed by atoms with Gasteiger partial charge in [0.1, 0.15) is 23.7 Å². The lowest BCUT2D eigenvalue weighted by molar-refractivity contribution is -0.136. The van der Waals surface area contributed by atoms with Gasteiger partial charge in [0.25, 0.3) is 0 Å². The summed E-state index contributed by atoms with van der Waals surface area (Å²) in [6, 6.07) is 4.39. The Morgan fingerprint density at radius 3 is 1.93 bits per heavy atom. The Hall–Kier alpha value is -4.96. The molecule has 0 aliphatic carbocycles. The number of likely N-dealkylation sites (tertiary alicyclic amines) is 2. The van der Waals surface area contributed by atoms with Crippen LogP contribution in [0.2, 0.25) is 0 Å². The quantitative estimate of drug-likeness (QED) is 0.118. The Bertz CT molecular complexity index is 2190. The SMILES string of the molecule is COC(=O)N[C@H](C(=O)N1CCCC1c1ncc(-c2csc3c(-c4ccc5nc(C6CCCN6C(=O)[C@H](NC(=O)OC)C(C)C)[nH]c5c4)csc23)[nH]1)C(C)C. The fraction of sp³-hybridized carbons (Fsp3) is 0.474. The van der Waals surface area contributed by atoms with Crippen LogP contribution in [-0.2, 0) is 19.1 Å². The predicted octanol–water partition coefficient (Wildman–Crippen LogP) is 6.98. The molecule has 2 fully saturated rings. The van der Waals surface area contributed by atoms with E-state index in [4.69, 9.17) is 19.4 Å². The van der Waals surface area contributed by atoms with Gasteiger partial charge in [-0.2, -0.15) is 0 Å². The molecule has 4 N–H and O–H groups in total. The topological polar surface area (TPSA) is 175 Å². The minimum atomic E-state index is -0.694. The van der Waals surface area contributed by atoms with Crippen LogP contribution in [0.1, 0.15) is 77.1 Å². The van der Waals surface area contributed by atoms with E-state index in [9.17, 15) is 19.2 Å². The highest BCUT2D eigenvalue weighted by Gasteiger charge is 2.39. The average Bonchev–Trinajstić information content (AvgIpc) is 4.00. The molecule has 4 atom stereocenters. The number of benzene rings is 1. The van der Waals surface area contributed by atoms with Gasteiger partial charge in [0, 0.05) is 35.0 Å². The van der Waals surface area contributed by atoms with Crippen molar-refractivity contribution in [3.63, 3.8) is 0 Å². The number of nitrogens with zero attached hydrogens (tertiary/aromatic N) is 4. The summed E-state index contributed by atoms with van der Waals surface area (Å²) >= 11 is 3.36. The van der Waals surface area contributed by atoms with Crippen LogP contribution in [0.4, 0.5) is 9.59 Å². The van der Waals surface area contributed by atoms with Crippen LogP contribution in [0.15, 0.2) is 35.2 Å². The Labute approximate surface area is 321 Å². The maximum atomic E-state index is 13.7. The van der Waals surface area contributed by atoms with Crippen LogP contribution >= 0.6 is 22.7 Å². The van der Waals surface area contributed by atoms with E-state index in [-0.39, 0.29) is 35.7 Å². The van der Waals surface area contributed by atoms with Crippen molar-refractivity contribution in [1.29, 1.82) is 0 Å². The lowest BCUT2D eigenvalue weighted by Crippen LogP contribution is -2.51. The number of thiophene rings is 2. The summed E-state index contributed by atoms with van der Waals surface area (Å²) in [4.78, 5) is 71.6. The average molecular weight is 775 g/mol. The first-order valence-electron chi connectivity index (χ1n) is 18.3. The molecular formula is C38H46N8O6S2. The number of amides is 4. The second-order valence-electron chi connectivity index (χ2n) is 14.6. The Morgan fingerprint density at radius 2 is 1.35 bits per heavy atom. The van der Waals surface area contributed by atoms with E-state index in [2.05, 4.69) is 43.5 Å². The van der Waals surface area contributed by atoms with Crippen LogP contribution in [0.5, 0.6) is 0 Å². The van der Waals surface area contributed by atoms with Crippen molar-refractivity contribution in [2.45, 2.75) is 77.5 Å². The summed E-state index contributed by atoms with van der Waals surface area (Å²) in [7, 11) is 2.58. The maximum absolute atomic E-state index is 13.7. The third kappa shape index (κ3) is 7.04. The predicted molar refractivity (Wildman–Crippen MR) is 208 cm³/mol. The lowest BCUT2D eigenvalue weighted by Gasteiger charge is -2.30. The molecule has 4 amide bonds. The summed E-state index contributed by atoms with van der Waals surface area (Å²) in [6.45, 7) is 8.80. The monoisotopic (exact) mass is 774 g/mol. The second kappa shape index (κ2) is 15.4. The highest BCUT2D eigenvalue weighted by molar-refractivity contribution is 7.27. The third-order valence-corrected chi connectivity index (χ3v) is 12.6. The first kappa shape index (κ1) is 37.4. The summed E-state index contributed by atoms with van der Waals surface area (Å²) < 4.78 is 11.9. The zero-order chi connectivity index (χ0) is 38.3. The number of aromatic amines is 2. The number of hydrogen-bond donors (Lipinski definition) is 4. The van der Waals surface area contributed by atoms with Gasteiger partial charge in [0.2, 0.25) is 11.8 Å². The maximum Gasteiger partial charge on any atom is 0.407 e. The number of hydrogen-bond acceptors (Lipinski definition) is 10. The van der Waals surface area contributed by atoms with E-state index < -0.39 is 24.3 Å². The molecule has 2 aliphatic heterocycles. The van der Waals surface area contributed by atoms with E-state index in [0.717, 1.165) is 75.4 Å². The van der Waals surface area contributed by atoms with Gasteiger partial charge in [-0.1, -0.05) is 33.8 Å². The normalized spacial score (nSPS) is 18.5. The van der Waals surface area contributed by atoms with E-state index in [0.29, 0.717) is 13.1 Å². The van der Waals surface area contributed by atoms with Crippen LogP contribution in [0.3, 0.4) is 0 Å². The molecule has 4 aromatic heterocycles. The molecule has 1 aromatic carbocycles. The molecule has 0 radical (unpaired) electrons. The number of H-pyrrole nitrogens is 2. The number of imidazole rings is 2. The summed E-state index contributed by atoms with van der Waals surface area (Å²) in [5.74, 6) is 0.969. The number of carbonyl (C=O) groups is 4. The van der Waals surface area contributed by atoms with Crippen molar-refractivity contribution in [2.24, 2.45) is 11.8 Å². The highest BCUT2D eigenvalue weighted by atomic mass is 32.1. The van der Waals surface area contributed by atoms with Crippen molar-refractivity contribution in [1.82, 2.24) is 40.4 Å². The molecule has 2 saturated heterocycles. The number of alkyl carbamates (subject to hydrolysis) is 2. The fourth-order valence-corrected chi connectivity index (χ4v) is 10.0. The minimum Gasteiger partial charge on any atom is -0.453 e. The molecule has 0 spiro atoms. The molecular weight excluding hydrogens is 729 g/mol. The van der Waals surface area contributed by atoms with Gasteiger partial charge in [-0.25, -0.2) is 19.6 Å². The van der Waals surface area contributed by atoms with E-state index in [1.807, 2.05) is 49.8 Å². The van der Waals surface area contributed by atoms with Crippen molar-refractivity contribution in [3.05, 3.63) is 46.8 Å². The molecule has 6 heterocycles. The molecule has 14 nitrogen and oxygen atoms in total. The van der Waals surface area contributed by atoms with Gasteiger partial charge < -0.3 is 39.9 Å². The minimum absolute atomic E-state index is 0.109. The van der Waals surface area contributed by atoms with Crippen molar-refractivity contribution >= 4 is 67.1 Å². The van der Waals surface area contributed by atoms with Crippen molar-refractivity contribution in [2.75, 3.05) is 27.3 Å². The second-order valence-corrected chi connectivity index (χ2v) is 16.3. The van der Waals surface area contributed by atoms with E-state index in [1.54, 1.807) is 22.7 Å². The Kier molecular flexibility index (Phi) is 10.7. The largest absolute Gasteiger partial charge is 0.453 e. The smallest absolute Gasteiger partial charge is 0.407 e. The summed E-state index contributed by atoms with van der Waals surface area (Å²) in [5.41, 5.74) is 5.85. The number of aromatic nitrogens is 4. The molecule has 286 valence electrons. The fourth-order valence-electron chi connectivity index (χ4n) is 7.59. The van der Waals surface area contributed by atoms with Gasteiger partial charge in [0.15, 0.2) is 0 Å². The van der Waals surface area contributed by atoms with Gasteiger partial charge in [-0.3, -0.25) is 9.59 Å². The highest BCUT2D eigenvalue weighted by Crippen LogP contribution is 2.45. The van der Waals surface area contributed by atoms with Gasteiger partial charge >= 0.3 is 12.2 Å². The third-order valence-electron chi connectivity index (χ3n) is 10.5. The molecule has 0 bridgehead atoms. The number of methoxy groups -OCH3 is 2. The number of carbonyl (C=O) groups excluding carboxylic acids is 4. The number of nitrogens with one attached hydrogen (secondary N) is 4. The standard InChI is InChI=1S/C38H46N8O6S2/c1-19(2)29(43-37(49)51-5)35(47)45-13-7-9-27(45)33-39-16-26(42-33)23-18-54-31-22(17-53-32(23)31)21-11-12-24-25(15-21)41-34(40-24)28-10-8-14-46(28)36(48)30(20(3)4)44-38(50)52-6/h11-12,15-20,27-30H,7-10,13-14H2,1-6H3,(H,39,42)(H,40,41)(H,43,49)(H,44,50)/t27?,28?,29-,30+/m0/s1. The first-order valence-corrected chi connectivity index (χ1v) is 20.1. The Morgan fingerprint density at radius 1 is 0.796 bits per heavy atom. The molecule has 2 aliphatic rings. The van der Waals surface area contributed by atoms with Crippen LogP contribution in [0.25, 0.3) is 42.8 Å². The van der Waals surface area contributed by atoms with Gasteiger partial charge in [0.05, 0.1) is 58.6 Å². The zero-order valence-electron chi connectivity index (χ0n) is 31.2. The number of rotatable bonds is 10. The molecule has 54 heavy (non-hydrogen) atoms. The van der Waals surface area contributed by atoms with E-state index >= 15 is 0 Å². The van der Waals surface area contributed by atoms with Gasteiger partial charge in [-0.15, -0.1) is 22.7 Å². The Balaban J connectivity index is 1.10. The van der Waals surface area contributed by atoms with Gasteiger partial charge in [-0.05, 0) is 55.2 Å². The van der Waals surface area contributed by atoms with Crippen molar-refractivity contribution in [3.8, 4) is 22.4 Å². The molecule has 5 aromatic rings. The van der Waals surface area contributed by atoms with Crippen LogP contribution in [-0.4, -0.2) is 93.1 Å². The molecule has 0 saturated carbocycles. The van der Waals surface area contributed by atoms with Crippen LogP contribution < -0.4 is 10.6 Å². The molecule has 7 rings (SSSR count). The van der Waals surface area contributed by atoms with E-state index in [1.165, 1.54) is 18.9 Å².